The van der Waals surface area contributed by atoms with Crippen molar-refractivity contribution in [1.29, 1.82) is 0 Å². The second-order valence-corrected chi connectivity index (χ2v) is 15.0. The average Bonchev–Trinajstić information content (AvgIpc) is 3.15. The van der Waals surface area contributed by atoms with Crippen molar-refractivity contribution in [1.82, 2.24) is 20.2 Å². The SMILES string of the molecule is CCCCCCCOc1ccc(-c2cnc(-c3ccc(CC(NC(=O)c4ccc(C(C)(C)C)cc4)C(=O)N4CC(O)CC(C(=O)O)C4)cc3)nc2)cc1. The number of aromatic nitrogens is 2. The molecule has 1 aliphatic rings. The van der Waals surface area contributed by atoms with Gasteiger partial charge in [-0.15, -0.1) is 0 Å². The summed E-state index contributed by atoms with van der Waals surface area (Å²) >= 11 is 0. The molecule has 4 aromatic rings. The van der Waals surface area contributed by atoms with Crippen molar-refractivity contribution in [2.24, 2.45) is 5.92 Å². The van der Waals surface area contributed by atoms with E-state index < -0.39 is 35.8 Å². The van der Waals surface area contributed by atoms with Crippen molar-refractivity contribution in [2.75, 3.05) is 19.7 Å². The molecule has 3 unspecified atom stereocenters. The molecule has 1 saturated heterocycles. The number of piperidine rings is 1. The number of amides is 2. The van der Waals surface area contributed by atoms with Crippen molar-refractivity contribution < 1.29 is 29.3 Å². The van der Waals surface area contributed by atoms with Gasteiger partial charge in [0.1, 0.15) is 11.8 Å². The van der Waals surface area contributed by atoms with Crippen LogP contribution in [-0.4, -0.2) is 74.7 Å². The van der Waals surface area contributed by atoms with Crippen LogP contribution < -0.4 is 10.1 Å². The molecule has 280 valence electrons. The van der Waals surface area contributed by atoms with Crippen LogP contribution in [0.4, 0.5) is 0 Å². The zero-order valence-electron chi connectivity index (χ0n) is 31.3. The zero-order valence-corrected chi connectivity index (χ0v) is 31.3. The second kappa shape index (κ2) is 18.1. The summed E-state index contributed by atoms with van der Waals surface area (Å²) in [5.74, 6) is -1.43. The molecule has 0 saturated carbocycles. The number of carboxylic acids is 1. The number of likely N-dealkylation sites (tertiary alicyclic amines) is 1. The molecule has 0 aliphatic carbocycles. The van der Waals surface area contributed by atoms with Crippen LogP contribution in [0, 0.1) is 5.92 Å². The van der Waals surface area contributed by atoms with E-state index in [0.29, 0.717) is 18.0 Å². The highest BCUT2D eigenvalue weighted by Crippen LogP contribution is 2.25. The summed E-state index contributed by atoms with van der Waals surface area (Å²) in [5.41, 5.74) is 4.84. The number of nitrogens with one attached hydrogen (secondary N) is 1. The summed E-state index contributed by atoms with van der Waals surface area (Å²) in [6, 6.07) is 21.7. The van der Waals surface area contributed by atoms with Crippen molar-refractivity contribution in [3.05, 3.63) is 102 Å². The van der Waals surface area contributed by atoms with Crippen LogP contribution in [0.15, 0.2) is 85.2 Å². The second-order valence-electron chi connectivity index (χ2n) is 15.0. The lowest BCUT2D eigenvalue weighted by Crippen LogP contribution is -2.55. The number of aliphatic hydroxyl groups excluding tert-OH is 1. The smallest absolute Gasteiger partial charge is 0.308 e. The minimum absolute atomic E-state index is 0.00134. The molecule has 0 bridgehead atoms. The lowest BCUT2D eigenvalue weighted by Gasteiger charge is -2.36. The molecule has 10 nitrogen and oxygen atoms in total. The van der Waals surface area contributed by atoms with Gasteiger partial charge in [-0.05, 0) is 59.2 Å². The summed E-state index contributed by atoms with van der Waals surface area (Å²) in [4.78, 5) is 49.7. The number of hydrogen-bond donors (Lipinski definition) is 3. The van der Waals surface area contributed by atoms with Gasteiger partial charge in [0.25, 0.3) is 5.91 Å². The Kier molecular flexibility index (Phi) is 13.4. The van der Waals surface area contributed by atoms with Gasteiger partial charge in [0.15, 0.2) is 5.82 Å². The molecule has 1 fully saturated rings. The number of carbonyl (C=O) groups excluding carboxylic acids is 2. The zero-order chi connectivity index (χ0) is 38.0. The van der Waals surface area contributed by atoms with Gasteiger partial charge in [-0.25, -0.2) is 9.97 Å². The highest BCUT2D eigenvalue weighted by molar-refractivity contribution is 5.97. The standard InChI is InChI=1S/C43H52N4O6/c1-5-6-7-8-9-22-53-37-20-16-30(17-21-37)34-25-44-39(45-26-34)31-12-10-29(11-13-31)23-38(41(50)47-27-33(42(51)52)24-36(48)28-47)46-40(49)32-14-18-35(19-15-32)43(2,3)4/h10-21,25-26,33,36,38,48H,5-9,22-24,27-28H2,1-4H3,(H,46,49)(H,51,52). The van der Waals surface area contributed by atoms with Gasteiger partial charge in [-0.1, -0.05) is 102 Å². The molecular formula is C43H52N4O6. The Morgan fingerprint density at radius 1 is 0.849 bits per heavy atom. The summed E-state index contributed by atoms with van der Waals surface area (Å²) < 4.78 is 5.90. The first-order valence-corrected chi connectivity index (χ1v) is 18.7. The number of hydrogen-bond acceptors (Lipinski definition) is 7. The maximum absolute atomic E-state index is 13.9. The Morgan fingerprint density at radius 2 is 1.49 bits per heavy atom. The van der Waals surface area contributed by atoms with Crippen molar-refractivity contribution in [2.45, 2.75) is 90.2 Å². The molecule has 10 heteroatoms. The third kappa shape index (κ3) is 11.0. The van der Waals surface area contributed by atoms with E-state index in [2.05, 4.69) is 43.0 Å². The predicted molar refractivity (Wildman–Crippen MR) is 206 cm³/mol. The number of nitrogens with zero attached hydrogens (tertiary/aromatic N) is 3. The molecule has 1 aliphatic heterocycles. The number of rotatable bonds is 15. The van der Waals surface area contributed by atoms with Crippen LogP contribution in [0.1, 0.15) is 87.7 Å². The van der Waals surface area contributed by atoms with Crippen LogP contribution >= 0.6 is 0 Å². The summed E-state index contributed by atoms with van der Waals surface area (Å²) in [6.07, 6.45) is 8.82. The molecular weight excluding hydrogens is 668 g/mol. The maximum atomic E-state index is 13.9. The van der Waals surface area contributed by atoms with Crippen LogP contribution in [0.5, 0.6) is 5.75 Å². The molecule has 53 heavy (non-hydrogen) atoms. The van der Waals surface area contributed by atoms with E-state index in [1.54, 1.807) is 24.5 Å². The number of carbonyl (C=O) groups is 3. The molecule has 0 spiro atoms. The van der Waals surface area contributed by atoms with Gasteiger partial charge >= 0.3 is 5.97 Å². The third-order valence-electron chi connectivity index (χ3n) is 9.71. The minimum Gasteiger partial charge on any atom is -0.494 e. The van der Waals surface area contributed by atoms with Gasteiger partial charge < -0.3 is 25.2 Å². The fraction of sp³-hybridized carbons (Fsp3) is 0.419. The molecule has 2 amide bonds. The summed E-state index contributed by atoms with van der Waals surface area (Å²) in [6.45, 7) is 9.16. The minimum atomic E-state index is -1.07. The van der Waals surface area contributed by atoms with Gasteiger partial charge in [0.05, 0.1) is 18.6 Å². The van der Waals surface area contributed by atoms with Crippen molar-refractivity contribution in [3.8, 4) is 28.3 Å². The van der Waals surface area contributed by atoms with E-state index in [9.17, 15) is 24.6 Å². The summed E-state index contributed by atoms with van der Waals surface area (Å²) in [5, 5.41) is 22.9. The molecule has 3 atom stereocenters. The van der Waals surface area contributed by atoms with Gasteiger partial charge in [0.2, 0.25) is 5.91 Å². The third-order valence-corrected chi connectivity index (χ3v) is 9.71. The number of aliphatic hydroxyl groups is 1. The first kappa shape index (κ1) is 39.1. The van der Waals surface area contributed by atoms with Crippen LogP contribution in [-0.2, 0) is 21.4 Å². The van der Waals surface area contributed by atoms with E-state index in [0.717, 1.165) is 40.0 Å². The highest BCUT2D eigenvalue weighted by Gasteiger charge is 2.36. The van der Waals surface area contributed by atoms with E-state index in [4.69, 9.17) is 4.74 Å². The lowest BCUT2D eigenvalue weighted by atomic mass is 9.86. The number of ether oxygens (including phenoxy) is 1. The Labute approximate surface area is 312 Å². The van der Waals surface area contributed by atoms with E-state index in [1.165, 1.54) is 30.6 Å². The number of aliphatic carboxylic acids is 1. The lowest BCUT2D eigenvalue weighted by molar-refractivity contribution is -0.149. The quantitative estimate of drug-likeness (QED) is 0.111. The van der Waals surface area contributed by atoms with Gasteiger partial charge in [-0.2, -0.15) is 0 Å². The maximum Gasteiger partial charge on any atom is 0.308 e. The largest absolute Gasteiger partial charge is 0.494 e. The molecule has 5 rings (SSSR count). The number of carboxylic acid groups (broad SMARTS) is 1. The molecule has 1 aromatic heterocycles. The Hall–Kier alpha value is -5.09. The molecule has 3 aromatic carbocycles. The topological polar surface area (TPSA) is 142 Å². The monoisotopic (exact) mass is 720 g/mol. The van der Waals surface area contributed by atoms with Crippen molar-refractivity contribution >= 4 is 17.8 Å². The summed E-state index contributed by atoms with van der Waals surface area (Å²) in [7, 11) is 0. The highest BCUT2D eigenvalue weighted by atomic mass is 16.5. The normalized spacial score (nSPS) is 16.5. The van der Waals surface area contributed by atoms with Crippen LogP contribution in [0.25, 0.3) is 22.5 Å². The fourth-order valence-corrected chi connectivity index (χ4v) is 6.51. The number of unbranched alkanes of at least 4 members (excludes halogenated alkanes) is 4. The fourth-order valence-electron chi connectivity index (χ4n) is 6.51. The van der Waals surface area contributed by atoms with Gasteiger partial charge in [-0.3, -0.25) is 14.4 Å². The van der Waals surface area contributed by atoms with Crippen LogP contribution in [0.3, 0.4) is 0 Å². The van der Waals surface area contributed by atoms with E-state index in [-0.39, 0.29) is 31.3 Å². The number of β-amino-alcohol motifs (C(OH)–C–C–N with tert-alkyl or cyclic N) is 1. The Balaban J connectivity index is 1.26. The first-order valence-electron chi connectivity index (χ1n) is 18.7. The van der Waals surface area contributed by atoms with Gasteiger partial charge in [0, 0.05) is 48.6 Å². The van der Waals surface area contributed by atoms with Crippen LogP contribution in [0.2, 0.25) is 0 Å². The number of benzene rings is 3. The average molecular weight is 721 g/mol. The molecule has 3 N–H and O–H groups in total. The predicted octanol–water partition coefficient (Wildman–Crippen LogP) is 7.09. The molecule has 0 radical (unpaired) electrons. The van der Waals surface area contributed by atoms with E-state index in [1.807, 2.05) is 60.7 Å². The van der Waals surface area contributed by atoms with Crippen molar-refractivity contribution in [3.63, 3.8) is 0 Å². The Bertz CT molecular complexity index is 1800. The Morgan fingerprint density at radius 3 is 2.11 bits per heavy atom. The van der Waals surface area contributed by atoms with E-state index >= 15 is 0 Å². The molecule has 2 heterocycles. The first-order chi connectivity index (χ1) is 25.4.